The van der Waals surface area contributed by atoms with Gasteiger partial charge in [-0.15, -0.1) is 0 Å². The van der Waals surface area contributed by atoms with Crippen LogP contribution in [0.25, 0.3) is 0 Å². The van der Waals surface area contributed by atoms with Gasteiger partial charge in [0.25, 0.3) is 0 Å². The van der Waals surface area contributed by atoms with Crippen LogP contribution in [0.2, 0.25) is 0 Å². The van der Waals surface area contributed by atoms with Crippen molar-refractivity contribution in [3.05, 3.63) is 0 Å². The molecule has 0 aromatic rings. The lowest BCUT2D eigenvalue weighted by atomic mass is 10.0. The highest BCUT2D eigenvalue weighted by atomic mass is 16.4. The number of carboxylic acids is 1. The standard InChI is InChI=1S/C21H39NO4/c1-18(2)20(21(25)26)22-19(24)16-14-12-10-8-6-4-3-5-7-9-11-13-15-17-23/h17-18,20H,3-16H2,1-2H3,(H,22,24)(H,25,26)/t20-/m0/s1. The Kier molecular flexibility index (Phi) is 16.1. The summed E-state index contributed by atoms with van der Waals surface area (Å²) in [6.07, 6.45) is 16.2. The number of unbranched alkanes of at least 4 members (excludes halogenated alkanes) is 12. The molecular weight excluding hydrogens is 330 g/mol. The lowest BCUT2D eigenvalue weighted by molar-refractivity contribution is -0.143. The molecule has 1 amide bonds. The minimum absolute atomic E-state index is 0.104. The monoisotopic (exact) mass is 369 g/mol. The Balaban J connectivity index is 3.39. The second-order valence-electron chi connectivity index (χ2n) is 7.58. The van der Waals surface area contributed by atoms with Gasteiger partial charge in [-0.05, 0) is 18.8 Å². The van der Waals surface area contributed by atoms with E-state index in [1.54, 1.807) is 13.8 Å². The Morgan fingerprint density at radius 3 is 1.62 bits per heavy atom. The van der Waals surface area contributed by atoms with Gasteiger partial charge in [0.15, 0.2) is 0 Å². The molecule has 0 unspecified atom stereocenters. The average molecular weight is 370 g/mol. The molecule has 0 spiro atoms. The van der Waals surface area contributed by atoms with Crippen molar-refractivity contribution in [3.63, 3.8) is 0 Å². The van der Waals surface area contributed by atoms with Crippen LogP contribution in [0.1, 0.15) is 104 Å². The van der Waals surface area contributed by atoms with Crippen LogP contribution in [-0.2, 0) is 14.4 Å². The minimum Gasteiger partial charge on any atom is -0.480 e. The van der Waals surface area contributed by atoms with Crippen molar-refractivity contribution in [1.29, 1.82) is 0 Å². The number of aldehydes is 1. The molecule has 0 aromatic carbocycles. The topological polar surface area (TPSA) is 83.5 Å². The SMILES string of the molecule is CC(C)[C@H](NC(=O)CCCCCCCCCCCCCCC=O)C(=O)O. The van der Waals surface area contributed by atoms with Crippen molar-refractivity contribution < 1.29 is 19.5 Å². The highest BCUT2D eigenvalue weighted by molar-refractivity contribution is 5.83. The van der Waals surface area contributed by atoms with Crippen LogP contribution >= 0.6 is 0 Å². The summed E-state index contributed by atoms with van der Waals surface area (Å²) in [6.45, 7) is 3.60. The summed E-state index contributed by atoms with van der Waals surface area (Å²) in [5, 5.41) is 11.7. The molecule has 1 atom stereocenters. The molecule has 152 valence electrons. The van der Waals surface area contributed by atoms with E-state index in [1.807, 2.05) is 0 Å². The summed E-state index contributed by atoms with van der Waals surface area (Å²) in [6, 6.07) is -0.785. The third-order valence-electron chi connectivity index (χ3n) is 4.73. The molecular formula is C21H39NO4. The predicted molar refractivity (Wildman–Crippen MR) is 105 cm³/mol. The van der Waals surface area contributed by atoms with Crippen LogP contribution < -0.4 is 5.32 Å². The molecule has 5 heteroatoms. The number of hydrogen-bond donors (Lipinski definition) is 2. The molecule has 0 aromatic heterocycles. The van der Waals surface area contributed by atoms with Gasteiger partial charge in [0, 0.05) is 12.8 Å². The highest BCUT2D eigenvalue weighted by Gasteiger charge is 2.22. The first-order chi connectivity index (χ1) is 12.5. The number of amides is 1. The normalized spacial score (nSPS) is 12.1. The first-order valence-corrected chi connectivity index (χ1v) is 10.4. The van der Waals surface area contributed by atoms with Crippen LogP contribution in [0.3, 0.4) is 0 Å². The molecule has 0 aliphatic heterocycles. The largest absolute Gasteiger partial charge is 0.480 e. The molecule has 0 rings (SSSR count). The summed E-state index contributed by atoms with van der Waals surface area (Å²) in [5.41, 5.74) is 0. The number of carbonyl (C=O) groups excluding carboxylic acids is 2. The molecule has 0 aliphatic rings. The summed E-state index contributed by atoms with van der Waals surface area (Å²) in [7, 11) is 0. The Morgan fingerprint density at radius 1 is 0.808 bits per heavy atom. The maximum absolute atomic E-state index is 11.8. The number of aliphatic carboxylic acids is 1. The highest BCUT2D eigenvalue weighted by Crippen LogP contribution is 2.13. The second-order valence-corrected chi connectivity index (χ2v) is 7.58. The molecule has 26 heavy (non-hydrogen) atoms. The van der Waals surface area contributed by atoms with Gasteiger partial charge in [-0.2, -0.15) is 0 Å². The van der Waals surface area contributed by atoms with E-state index in [-0.39, 0.29) is 11.8 Å². The lowest BCUT2D eigenvalue weighted by Gasteiger charge is -2.17. The van der Waals surface area contributed by atoms with E-state index in [0.717, 1.165) is 32.0 Å². The number of nitrogens with one attached hydrogen (secondary N) is 1. The third kappa shape index (κ3) is 14.9. The summed E-state index contributed by atoms with van der Waals surface area (Å²) in [4.78, 5) is 33.0. The van der Waals surface area contributed by atoms with Crippen molar-refractivity contribution in [1.82, 2.24) is 5.32 Å². The predicted octanol–water partition coefficient (Wildman–Crippen LogP) is 4.87. The van der Waals surface area contributed by atoms with Gasteiger partial charge >= 0.3 is 5.97 Å². The van der Waals surface area contributed by atoms with E-state index in [2.05, 4.69) is 5.32 Å². The van der Waals surface area contributed by atoms with Gasteiger partial charge in [0.1, 0.15) is 12.3 Å². The molecule has 0 aliphatic carbocycles. The molecule has 2 N–H and O–H groups in total. The van der Waals surface area contributed by atoms with Crippen molar-refractivity contribution in [2.75, 3.05) is 0 Å². The van der Waals surface area contributed by atoms with Crippen molar-refractivity contribution >= 4 is 18.2 Å². The van der Waals surface area contributed by atoms with Crippen LogP contribution in [0, 0.1) is 5.92 Å². The van der Waals surface area contributed by atoms with Gasteiger partial charge in [-0.25, -0.2) is 4.79 Å². The zero-order chi connectivity index (χ0) is 19.6. The second kappa shape index (κ2) is 17.0. The molecule has 0 heterocycles. The molecule has 0 bridgehead atoms. The van der Waals surface area contributed by atoms with Crippen LogP contribution in [0.4, 0.5) is 0 Å². The maximum atomic E-state index is 11.8. The van der Waals surface area contributed by atoms with Gasteiger partial charge in [-0.1, -0.05) is 78.1 Å². The zero-order valence-electron chi connectivity index (χ0n) is 16.8. The Bertz CT molecular complexity index is 382. The number of carbonyl (C=O) groups is 3. The zero-order valence-corrected chi connectivity index (χ0v) is 16.8. The molecule has 0 radical (unpaired) electrons. The number of carboxylic acid groups (broad SMARTS) is 1. The van der Waals surface area contributed by atoms with Gasteiger partial charge in [0.2, 0.25) is 5.91 Å². The smallest absolute Gasteiger partial charge is 0.326 e. The Labute approximate surface area is 159 Å². The van der Waals surface area contributed by atoms with E-state index >= 15 is 0 Å². The number of hydrogen-bond acceptors (Lipinski definition) is 3. The van der Waals surface area contributed by atoms with Crippen molar-refractivity contribution in [2.45, 2.75) is 110 Å². The van der Waals surface area contributed by atoms with E-state index in [0.29, 0.717) is 12.8 Å². The summed E-state index contributed by atoms with van der Waals surface area (Å²) in [5.74, 6) is -1.22. The van der Waals surface area contributed by atoms with E-state index < -0.39 is 12.0 Å². The third-order valence-corrected chi connectivity index (χ3v) is 4.73. The molecule has 0 fully saturated rings. The average Bonchev–Trinajstić information content (AvgIpc) is 2.59. The fourth-order valence-electron chi connectivity index (χ4n) is 3.04. The fourth-order valence-corrected chi connectivity index (χ4v) is 3.04. The summed E-state index contributed by atoms with van der Waals surface area (Å²) >= 11 is 0. The van der Waals surface area contributed by atoms with Crippen molar-refractivity contribution in [3.8, 4) is 0 Å². The molecule has 0 saturated carbocycles. The minimum atomic E-state index is -0.964. The van der Waals surface area contributed by atoms with E-state index in [4.69, 9.17) is 5.11 Å². The van der Waals surface area contributed by atoms with Crippen LogP contribution in [0.15, 0.2) is 0 Å². The van der Waals surface area contributed by atoms with E-state index in [1.165, 1.54) is 51.4 Å². The Morgan fingerprint density at radius 2 is 1.23 bits per heavy atom. The van der Waals surface area contributed by atoms with Crippen LogP contribution in [-0.4, -0.2) is 29.3 Å². The van der Waals surface area contributed by atoms with Gasteiger partial charge in [-0.3, -0.25) is 4.79 Å². The molecule has 0 saturated heterocycles. The lowest BCUT2D eigenvalue weighted by Crippen LogP contribution is -2.44. The van der Waals surface area contributed by atoms with Gasteiger partial charge in [0.05, 0.1) is 0 Å². The van der Waals surface area contributed by atoms with E-state index in [9.17, 15) is 14.4 Å². The fraction of sp³-hybridized carbons (Fsp3) is 0.857. The first kappa shape index (κ1) is 24.6. The van der Waals surface area contributed by atoms with Crippen LogP contribution in [0.5, 0.6) is 0 Å². The first-order valence-electron chi connectivity index (χ1n) is 10.4. The quantitative estimate of drug-likeness (QED) is 0.267. The van der Waals surface area contributed by atoms with Crippen molar-refractivity contribution in [2.24, 2.45) is 5.92 Å². The molecule has 5 nitrogen and oxygen atoms in total. The Hall–Kier alpha value is -1.39. The number of rotatable bonds is 18. The summed E-state index contributed by atoms with van der Waals surface area (Å²) < 4.78 is 0. The maximum Gasteiger partial charge on any atom is 0.326 e. The van der Waals surface area contributed by atoms with Gasteiger partial charge < -0.3 is 15.2 Å².